The summed E-state index contributed by atoms with van der Waals surface area (Å²) < 4.78 is 5.85. The molecule has 21 heavy (non-hydrogen) atoms. The van der Waals surface area contributed by atoms with E-state index in [0.29, 0.717) is 12.6 Å². The Morgan fingerprint density at radius 1 is 1.43 bits per heavy atom. The number of nitrogens with zero attached hydrogens (tertiary/aromatic N) is 1. The molecule has 1 atom stereocenters. The topological polar surface area (TPSA) is 45.0 Å². The van der Waals surface area contributed by atoms with Crippen molar-refractivity contribution in [2.45, 2.75) is 52.0 Å². The molecule has 3 nitrogen and oxygen atoms in total. The quantitative estimate of drug-likeness (QED) is 0.804. The number of nitriles is 1. The van der Waals surface area contributed by atoms with Gasteiger partial charge in [0.1, 0.15) is 5.75 Å². The van der Waals surface area contributed by atoms with Crippen LogP contribution in [0.4, 0.5) is 0 Å². The van der Waals surface area contributed by atoms with Crippen LogP contribution in [0.25, 0.3) is 0 Å². The van der Waals surface area contributed by atoms with Crippen molar-refractivity contribution in [1.82, 2.24) is 5.32 Å². The molecule has 0 saturated carbocycles. The Hall–Kier alpha value is -1.53. The van der Waals surface area contributed by atoms with E-state index in [1.807, 2.05) is 20.9 Å². The van der Waals surface area contributed by atoms with Crippen molar-refractivity contribution in [2.24, 2.45) is 5.41 Å². The summed E-state index contributed by atoms with van der Waals surface area (Å²) in [6, 6.07) is 9.28. The molecule has 1 aromatic rings. The molecule has 1 N–H and O–H groups in total. The number of ether oxygens (including phenoxy) is 1. The van der Waals surface area contributed by atoms with Crippen molar-refractivity contribution in [2.75, 3.05) is 13.7 Å². The Labute approximate surface area is 128 Å². The first-order chi connectivity index (χ1) is 10.1. The molecule has 0 saturated heterocycles. The van der Waals surface area contributed by atoms with E-state index >= 15 is 0 Å². The number of hydrogen-bond donors (Lipinski definition) is 1. The van der Waals surface area contributed by atoms with Crippen LogP contribution in [0.1, 0.15) is 56.7 Å². The first-order valence-corrected chi connectivity index (χ1v) is 7.90. The van der Waals surface area contributed by atoms with Gasteiger partial charge in [-0.2, -0.15) is 5.26 Å². The molecule has 0 bridgehead atoms. The first kappa shape index (κ1) is 15.9. The van der Waals surface area contributed by atoms with Gasteiger partial charge in [0.2, 0.25) is 0 Å². The lowest BCUT2D eigenvalue weighted by Gasteiger charge is -2.25. The van der Waals surface area contributed by atoms with Gasteiger partial charge in [0, 0.05) is 6.04 Å². The SMILES string of the molecule is CNC1CCCc2cc(OCCCC(C)(C)C#N)ccc21. The van der Waals surface area contributed by atoms with E-state index < -0.39 is 0 Å². The zero-order valence-corrected chi connectivity index (χ0v) is 13.4. The van der Waals surface area contributed by atoms with Gasteiger partial charge in [0.25, 0.3) is 0 Å². The van der Waals surface area contributed by atoms with Gasteiger partial charge in [-0.1, -0.05) is 6.07 Å². The summed E-state index contributed by atoms with van der Waals surface area (Å²) in [6.07, 6.45) is 5.38. The van der Waals surface area contributed by atoms with Crippen LogP contribution in [0.2, 0.25) is 0 Å². The van der Waals surface area contributed by atoms with Crippen LogP contribution in [0.15, 0.2) is 18.2 Å². The van der Waals surface area contributed by atoms with E-state index in [9.17, 15) is 0 Å². The maximum absolute atomic E-state index is 8.99. The van der Waals surface area contributed by atoms with Crippen LogP contribution < -0.4 is 10.1 Å². The molecule has 114 valence electrons. The summed E-state index contributed by atoms with van der Waals surface area (Å²) in [5.41, 5.74) is 2.58. The minimum Gasteiger partial charge on any atom is -0.494 e. The summed E-state index contributed by atoms with van der Waals surface area (Å²) in [5.74, 6) is 0.959. The fraction of sp³-hybridized carbons (Fsp3) is 0.611. The molecule has 0 aromatic heterocycles. The highest BCUT2D eigenvalue weighted by molar-refractivity contribution is 5.39. The predicted molar refractivity (Wildman–Crippen MR) is 85.3 cm³/mol. The molecule has 0 fully saturated rings. The normalized spacial score (nSPS) is 17.9. The van der Waals surface area contributed by atoms with E-state index in [4.69, 9.17) is 10.00 Å². The van der Waals surface area contributed by atoms with Gasteiger partial charge >= 0.3 is 0 Å². The van der Waals surface area contributed by atoms with Gasteiger partial charge in [-0.05, 0) is 76.3 Å². The van der Waals surface area contributed by atoms with Crippen LogP contribution in [0, 0.1) is 16.7 Å². The van der Waals surface area contributed by atoms with Gasteiger partial charge in [-0.15, -0.1) is 0 Å². The molecule has 0 spiro atoms. The molecule has 3 heteroatoms. The molecule has 1 aliphatic carbocycles. The van der Waals surface area contributed by atoms with Crippen LogP contribution >= 0.6 is 0 Å². The molecule has 1 aliphatic rings. The van der Waals surface area contributed by atoms with E-state index in [0.717, 1.165) is 25.0 Å². The zero-order chi connectivity index (χ0) is 15.3. The smallest absolute Gasteiger partial charge is 0.119 e. The number of fused-ring (bicyclic) bond motifs is 1. The summed E-state index contributed by atoms with van der Waals surface area (Å²) in [4.78, 5) is 0. The lowest BCUT2D eigenvalue weighted by atomic mass is 9.87. The van der Waals surface area contributed by atoms with Gasteiger partial charge in [0.15, 0.2) is 0 Å². The Bertz CT molecular complexity index is 516. The van der Waals surface area contributed by atoms with Gasteiger partial charge < -0.3 is 10.1 Å². The van der Waals surface area contributed by atoms with Crippen molar-refractivity contribution in [3.8, 4) is 11.8 Å². The Balaban J connectivity index is 1.90. The summed E-state index contributed by atoms with van der Waals surface area (Å²) in [5, 5.41) is 12.4. The second-order valence-corrected chi connectivity index (χ2v) is 6.54. The summed E-state index contributed by atoms with van der Waals surface area (Å²) in [6.45, 7) is 4.63. The molecule has 1 aromatic carbocycles. The van der Waals surface area contributed by atoms with Crippen LogP contribution in [-0.2, 0) is 6.42 Å². The molecule has 1 unspecified atom stereocenters. The number of nitrogens with one attached hydrogen (secondary N) is 1. The summed E-state index contributed by atoms with van der Waals surface area (Å²) in [7, 11) is 2.03. The predicted octanol–water partition coefficient (Wildman–Crippen LogP) is 3.99. The molecule has 0 aliphatic heterocycles. The van der Waals surface area contributed by atoms with E-state index in [1.165, 1.54) is 24.0 Å². The Morgan fingerprint density at radius 2 is 2.24 bits per heavy atom. The van der Waals surface area contributed by atoms with Crippen molar-refractivity contribution < 1.29 is 4.74 Å². The zero-order valence-electron chi connectivity index (χ0n) is 13.4. The maximum atomic E-state index is 8.99. The van der Waals surface area contributed by atoms with Crippen molar-refractivity contribution in [3.05, 3.63) is 29.3 Å². The average Bonchev–Trinajstić information content (AvgIpc) is 2.50. The largest absolute Gasteiger partial charge is 0.494 e. The highest BCUT2D eigenvalue weighted by atomic mass is 16.5. The molecule has 0 amide bonds. The minimum atomic E-state index is -0.251. The molecular weight excluding hydrogens is 260 g/mol. The fourth-order valence-corrected chi connectivity index (χ4v) is 2.94. The third-order valence-electron chi connectivity index (χ3n) is 4.29. The van der Waals surface area contributed by atoms with Gasteiger partial charge in [-0.25, -0.2) is 0 Å². The van der Waals surface area contributed by atoms with E-state index in [-0.39, 0.29) is 5.41 Å². The second-order valence-electron chi connectivity index (χ2n) is 6.54. The number of aryl methyl sites for hydroxylation is 1. The van der Waals surface area contributed by atoms with Crippen LogP contribution in [0.3, 0.4) is 0 Å². The van der Waals surface area contributed by atoms with Crippen molar-refractivity contribution in [3.63, 3.8) is 0 Å². The monoisotopic (exact) mass is 286 g/mol. The van der Waals surface area contributed by atoms with Crippen LogP contribution in [0.5, 0.6) is 5.75 Å². The molecular formula is C18H26N2O. The molecule has 2 rings (SSSR count). The molecule has 0 heterocycles. The standard InChI is InChI=1S/C18H26N2O/c1-18(2,13-19)10-5-11-21-15-8-9-16-14(12-15)6-4-7-17(16)20-3/h8-9,12,17,20H,4-7,10-11H2,1-3H3. The highest BCUT2D eigenvalue weighted by Crippen LogP contribution is 2.32. The molecule has 0 radical (unpaired) electrons. The summed E-state index contributed by atoms with van der Waals surface area (Å²) >= 11 is 0. The first-order valence-electron chi connectivity index (χ1n) is 7.90. The minimum absolute atomic E-state index is 0.251. The second kappa shape index (κ2) is 6.95. The lowest BCUT2D eigenvalue weighted by Crippen LogP contribution is -2.21. The average molecular weight is 286 g/mol. The fourth-order valence-electron chi connectivity index (χ4n) is 2.94. The van der Waals surface area contributed by atoms with E-state index in [2.05, 4.69) is 29.6 Å². The van der Waals surface area contributed by atoms with Crippen molar-refractivity contribution in [1.29, 1.82) is 5.26 Å². The number of rotatable bonds is 6. The lowest BCUT2D eigenvalue weighted by molar-refractivity contribution is 0.283. The van der Waals surface area contributed by atoms with Gasteiger partial charge in [0.05, 0.1) is 18.1 Å². The maximum Gasteiger partial charge on any atom is 0.119 e. The number of benzene rings is 1. The third-order valence-corrected chi connectivity index (χ3v) is 4.29. The third kappa shape index (κ3) is 4.22. The highest BCUT2D eigenvalue weighted by Gasteiger charge is 2.19. The Kier molecular flexibility index (Phi) is 5.25. The Morgan fingerprint density at radius 3 is 2.95 bits per heavy atom. The van der Waals surface area contributed by atoms with Crippen molar-refractivity contribution >= 4 is 0 Å². The number of hydrogen-bond acceptors (Lipinski definition) is 3. The van der Waals surface area contributed by atoms with Crippen LogP contribution in [-0.4, -0.2) is 13.7 Å². The van der Waals surface area contributed by atoms with E-state index in [1.54, 1.807) is 0 Å². The van der Waals surface area contributed by atoms with Gasteiger partial charge in [-0.3, -0.25) is 0 Å².